The van der Waals surface area contributed by atoms with E-state index in [0.29, 0.717) is 58.8 Å². The number of ether oxygens (including phenoxy) is 2. The largest absolute Gasteiger partial charge is 0.474 e. The Morgan fingerprint density at radius 3 is 2.78 bits per heavy atom. The zero-order chi connectivity index (χ0) is 25.8. The monoisotopic (exact) mass is 512 g/mol. The lowest BCUT2D eigenvalue weighted by Crippen LogP contribution is -2.48. The lowest BCUT2D eigenvalue weighted by Gasteiger charge is -2.38. The minimum Gasteiger partial charge on any atom is -0.474 e. The molecule has 0 radical (unpaired) electrons. The highest BCUT2D eigenvalue weighted by atomic mass is 32.2. The first-order valence-electron chi connectivity index (χ1n) is 11.7. The number of benzene rings is 1. The highest BCUT2D eigenvalue weighted by Gasteiger charge is 2.33. The SMILES string of the molecule is Cc1c(Oc2cccc(/C=C3\SC(=O)NC3=O)c2)ncnc1OC1CCN(C(=O)O)C(CC(C)C)C1. The second kappa shape index (κ2) is 11.0. The fourth-order valence-corrected chi connectivity index (χ4v) is 4.97. The van der Waals surface area contributed by atoms with Gasteiger partial charge in [-0.05, 0) is 54.8 Å². The summed E-state index contributed by atoms with van der Waals surface area (Å²) in [4.78, 5) is 45.2. The van der Waals surface area contributed by atoms with Crippen LogP contribution in [-0.4, -0.2) is 55.9 Å². The number of aromatic nitrogens is 2. The van der Waals surface area contributed by atoms with Crippen LogP contribution >= 0.6 is 11.8 Å². The molecule has 190 valence electrons. The van der Waals surface area contributed by atoms with Crippen molar-refractivity contribution in [1.82, 2.24) is 20.2 Å². The molecule has 2 aliphatic heterocycles. The van der Waals surface area contributed by atoms with E-state index in [4.69, 9.17) is 9.47 Å². The van der Waals surface area contributed by atoms with E-state index in [2.05, 4.69) is 29.1 Å². The number of piperidine rings is 1. The van der Waals surface area contributed by atoms with E-state index in [1.54, 1.807) is 37.3 Å². The molecule has 0 spiro atoms. The average molecular weight is 513 g/mol. The van der Waals surface area contributed by atoms with E-state index in [0.717, 1.165) is 18.2 Å². The number of carbonyl (C=O) groups is 3. The van der Waals surface area contributed by atoms with Gasteiger partial charge in [0.25, 0.3) is 11.1 Å². The Balaban J connectivity index is 1.47. The molecule has 3 heterocycles. The van der Waals surface area contributed by atoms with Crippen LogP contribution < -0.4 is 14.8 Å². The van der Waals surface area contributed by atoms with Crippen LogP contribution in [0.5, 0.6) is 17.5 Å². The van der Waals surface area contributed by atoms with E-state index in [1.165, 1.54) is 11.2 Å². The van der Waals surface area contributed by atoms with Crippen molar-refractivity contribution in [2.75, 3.05) is 6.54 Å². The number of rotatable bonds is 7. The van der Waals surface area contributed by atoms with Crippen LogP contribution in [0.25, 0.3) is 6.08 Å². The van der Waals surface area contributed by atoms with Crippen LogP contribution in [0, 0.1) is 12.8 Å². The van der Waals surface area contributed by atoms with Crippen LogP contribution in [0.1, 0.15) is 44.2 Å². The molecular weight excluding hydrogens is 484 g/mol. The smallest absolute Gasteiger partial charge is 0.407 e. The lowest BCUT2D eigenvalue weighted by molar-refractivity contribution is -0.115. The fourth-order valence-electron chi connectivity index (χ4n) is 4.29. The number of carboxylic acid groups (broad SMARTS) is 1. The Labute approximate surface area is 213 Å². The Morgan fingerprint density at radius 1 is 1.31 bits per heavy atom. The topological polar surface area (TPSA) is 131 Å². The van der Waals surface area contributed by atoms with Crippen molar-refractivity contribution < 1.29 is 29.0 Å². The number of carbonyl (C=O) groups excluding carboxylic acids is 2. The third-order valence-electron chi connectivity index (χ3n) is 5.94. The van der Waals surface area contributed by atoms with Gasteiger partial charge in [0.15, 0.2) is 0 Å². The molecule has 3 amide bonds. The summed E-state index contributed by atoms with van der Waals surface area (Å²) in [5, 5.41) is 11.4. The molecule has 11 heteroatoms. The highest BCUT2D eigenvalue weighted by Crippen LogP contribution is 2.32. The fraction of sp³-hybridized carbons (Fsp3) is 0.400. The molecule has 36 heavy (non-hydrogen) atoms. The maximum Gasteiger partial charge on any atom is 0.407 e. The molecule has 2 N–H and O–H groups in total. The van der Waals surface area contributed by atoms with E-state index in [1.807, 2.05) is 0 Å². The molecule has 2 fully saturated rings. The normalized spacial score (nSPS) is 21.1. The van der Waals surface area contributed by atoms with Crippen molar-refractivity contribution >= 4 is 35.1 Å². The van der Waals surface area contributed by atoms with Crippen molar-refractivity contribution in [3.63, 3.8) is 0 Å². The molecule has 0 saturated carbocycles. The van der Waals surface area contributed by atoms with Gasteiger partial charge >= 0.3 is 6.09 Å². The van der Waals surface area contributed by atoms with Crippen molar-refractivity contribution in [3.8, 4) is 17.5 Å². The molecule has 2 atom stereocenters. The van der Waals surface area contributed by atoms with Gasteiger partial charge in [0.2, 0.25) is 11.8 Å². The summed E-state index contributed by atoms with van der Waals surface area (Å²) in [6.07, 6.45) is 3.86. The second-order valence-electron chi connectivity index (χ2n) is 9.16. The number of nitrogens with zero attached hydrogens (tertiary/aromatic N) is 3. The van der Waals surface area contributed by atoms with E-state index in [-0.39, 0.29) is 12.1 Å². The van der Waals surface area contributed by atoms with Crippen LogP contribution in [0.2, 0.25) is 0 Å². The van der Waals surface area contributed by atoms with Gasteiger partial charge in [-0.1, -0.05) is 26.0 Å². The van der Waals surface area contributed by atoms with Gasteiger partial charge in [-0.25, -0.2) is 14.8 Å². The molecule has 1 aromatic carbocycles. The van der Waals surface area contributed by atoms with Gasteiger partial charge in [0.05, 0.1) is 10.5 Å². The molecule has 2 unspecified atom stereocenters. The van der Waals surface area contributed by atoms with Gasteiger partial charge < -0.3 is 19.5 Å². The zero-order valence-corrected chi connectivity index (χ0v) is 21.1. The Morgan fingerprint density at radius 2 is 2.08 bits per heavy atom. The third-order valence-corrected chi connectivity index (χ3v) is 6.75. The van der Waals surface area contributed by atoms with Crippen molar-refractivity contribution in [2.45, 2.75) is 52.2 Å². The van der Waals surface area contributed by atoms with Gasteiger partial charge in [-0.3, -0.25) is 14.9 Å². The highest BCUT2D eigenvalue weighted by molar-refractivity contribution is 8.18. The molecule has 4 rings (SSSR count). The minimum atomic E-state index is -0.898. The van der Waals surface area contributed by atoms with Crippen LogP contribution in [0.3, 0.4) is 0 Å². The third kappa shape index (κ3) is 6.14. The van der Waals surface area contributed by atoms with Crippen molar-refractivity contribution in [3.05, 3.63) is 46.6 Å². The van der Waals surface area contributed by atoms with E-state index < -0.39 is 17.2 Å². The zero-order valence-electron chi connectivity index (χ0n) is 20.3. The second-order valence-corrected chi connectivity index (χ2v) is 10.2. The van der Waals surface area contributed by atoms with Crippen LogP contribution in [0.15, 0.2) is 35.5 Å². The first-order chi connectivity index (χ1) is 17.2. The molecule has 0 bridgehead atoms. The Hall–Kier alpha value is -3.60. The summed E-state index contributed by atoms with van der Waals surface area (Å²) < 4.78 is 12.2. The van der Waals surface area contributed by atoms with E-state index in [9.17, 15) is 19.5 Å². The number of amides is 3. The Kier molecular flexibility index (Phi) is 7.78. The van der Waals surface area contributed by atoms with Gasteiger partial charge in [-0.15, -0.1) is 0 Å². The standard InChI is InChI=1S/C25H28N4O6S/c1-14(2)9-17-12-19(7-8-29(17)25(32)33)35-23-15(3)22(26-13-27-23)34-18-6-4-5-16(10-18)11-20-21(30)28-24(31)36-20/h4-6,10-11,13-14,17,19H,7-9,12H2,1-3H3,(H,32,33)(H,28,30,31)/b20-11-. The van der Waals surface area contributed by atoms with Crippen LogP contribution in [0.4, 0.5) is 9.59 Å². The number of thioether (sulfide) groups is 1. The molecule has 2 aromatic rings. The summed E-state index contributed by atoms with van der Waals surface area (Å²) >= 11 is 0.852. The molecule has 0 aliphatic carbocycles. The number of imide groups is 1. The summed E-state index contributed by atoms with van der Waals surface area (Å²) in [7, 11) is 0. The predicted octanol–water partition coefficient (Wildman–Crippen LogP) is 4.84. The maximum absolute atomic E-state index is 11.8. The molecule has 10 nitrogen and oxygen atoms in total. The average Bonchev–Trinajstić information content (AvgIpc) is 3.12. The lowest BCUT2D eigenvalue weighted by atomic mass is 9.92. The maximum atomic E-state index is 11.8. The van der Waals surface area contributed by atoms with Gasteiger partial charge in [0, 0.05) is 25.4 Å². The van der Waals surface area contributed by atoms with Gasteiger partial charge in [-0.2, -0.15) is 0 Å². The van der Waals surface area contributed by atoms with Crippen molar-refractivity contribution in [1.29, 1.82) is 0 Å². The molecular formula is C25H28N4O6S. The minimum absolute atomic E-state index is 0.105. The number of hydrogen-bond acceptors (Lipinski definition) is 8. The summed E-state index contributed by atoms with van der Waals surface area (Å²) in [6.45, 7) is 6.37. The van der Waals surface area contributed by atoms with Gasteiger partial charge in [0.1, 0.15) is 18.2 Å². The number of nitrogens with one attached hydrogen (secondary N) is 1. The molecule has 2 saturated heterocycles. The predicted molar refractivity (Wildman–Crippen MR) is 134 cm³/mol. The summed E-state index contributed by atoms with van der Waals surface area (Å²) in [5.41, 5.74) is 1.32. The first-order valence-corrected chi connectivity index (χ1v) is 12.5. The first kappa shape index (κ1) is 25.5. The number of hydrogen-bond donors (Lipinski definition) is 2. The molecule has 1 aromatic heterocycles. The molecule has 2 aliphatic rings. The van der Waals surface area contributed by atoms with Crippen LogP contribution in [-0.2, 0) is 4.79 Å². The van der Waals surface area contributed by atoms with E-state index >= 15 is 0 Å². The quantitative estimate of drug-likeness (QED) is 0.500. The summed E-state index contributed by atoms with van der Waals surface area (Å²) in [5.74, 6) is 1.17. The van der Waals surface area contributed by atoms with Crippen molar-refractivity contribution in [2.24, 2.45) is 5.92 Å². The number of likely N-dealkylation sites (tertiary alicyclic amines) is 1. The Bertz CT molecular complexity index is 1200. The summed E-state index contributed by atoms with van der Waals surface area (Å²) in [6, 6.07) is 6.97.